The third-order valence-corrected chi connectivity index (χ3v) is 7.30. The quantitative estimate of drug-likeness (QED) is 0.1000. The van der Waals surface area contributed by atoms with Crippen LogP contribution in [-0.4, -0.2) is 83.0 Å². The summed E-state index contributed by atoms with van der Waals surface area (Å²) in [4.78, 5) is 68.2. The maximum Gasteiger partial charge on any atom is 0.326 e. The SMILES string of the molecule is CC(C)C[C@H](NC(=O)[C@H](CCN)NC(=O)[C@H](Cc1c[nH]c2ccccc12)NC(=O)[C@@H](CC(C)C)NC(=O)[C@@H](N)CCN)C(=O)O. The van der Waals surface area contributed by atoms with Gasteiger partial charge in [0.25, 0.3) is 0 Å². The molecule has 12 N–H and O–H groups in total. The fraction of sp³-hybridized carbons (Fsp3) is 0.581. The Bertz CT molecular complexity index is 1300. The highest BCUT2D eigenvalue weighted by atomic mass is 16.4. The average molecular weight is 631 g/mol. The van der Waals surface area contributed by atoms with E-state index in [1.54, 1.807) is 6.20 Å². The lowest BCUT2D eigenvalue weighted by Crippen LogP contribution is -2.59. The number of rotatable bonds is 19. The normalized spacial score (nSPS) is 14.8. The van der Waals surface area contributed by atoms with Crippen LogP contribution in [0.5, 0.6) is 0 Å². The van der Waals surface area contributed by atoms with Gasteiger partial charge in [0, 0.05) is 23.5 Å². The van der Waals surface area contributed by atoms with E-state index in [1.807, 2.05) is 52.0 Å². The van der Waals surface area contributed by atoms with Gasteiger partial charge in [-0.1, -0.05) is 45.9 Å². The highest BCUT2D eigenvalue weighted by Gasteiger charge is 2.32. The monoisotopic (exact) mass is 630 g/mol. The largest absolute Gasteiger partial charge is 0.480 e. The number of carboxylic acid groups (broad SMARTS) is 1. The van der Waals surface area contributed by atoms with Gasteiger partial charge in [-0.25, -0.2) is 4.79 Å². The Kier molecular flexibility index (Phi) is 14.9. The van der Waals surface area contributed by atoms with Gasteiger partial charge in [-0.15, -0.1) is 0 Å². The number of hydrogen-bond acceptors (Lipinski definition) is 8. The number of amides is 4. The summed E-state index contributed by atoms with van der Waals surface area (Å²) in [6, 6.07) is 2.11. The molecule has 1 aromatic heterocycles. The Hall–Kier alpha value is -4.01. The lowest BCUT2D eigenvalue weighted by Gasteiger charge is -2.27. The van der Waals surface area contributed by atoms with Gasteiger partial charge in [-0.3, -0.25) is 19.2 Å². The molecule has 14 heteroatoms. The number of aromatic amines is 1. The Morgan fingerprint density at radius 1 is 0.733 bits per heavy atom. The molecule has 14 nitrogen and oxygen atoms in total. The first-order valence-electron chi connectivity index (χ1n) is 15.4. The number of aliphatic carboxylic acids is 1. The molecule has 0 radical (unpaired) electrons. The van der Waals surface area contributed by atoms with Crippen molar-refractivity contribution in [3.05, 3.63) is 36.0 Å². The summed E-state index contributed by atoms with van der Waals surface area (Å²) in [5.41, 5.74) is 18.8. The molecular formula is C31H50N8O6. The number of aromatic nitrogens is 1. The van der Waals surface area contributed by atoms with Gasteiger partial charge in [0.2, 0.25) is 23.6 Å². The first-order chi connectivity index (χ1) is 21.3. The minimum Gasteiger partial charge on any atom is -0.480 e. The van der Waals surface area contributed by atoms with Crippen molar-refractivity contribution in [3.8, 4) is 0 Å². The molecule has 4 amide bonds. The molecule has 5 atom stereocenters. The Morgan fingerprint density at radius 3 is 1.84 bits per heavy atom. The van der Waals surface area contributed by atoms with E-state index in [4.69, 9.17) is 17.2 Å². The second kappa shape index (κ2) is 18.1. The number of para-hydroxylation sites is 1. The molecule has 2 aromatic rings. The van der Waals surface area contributed by atoms with Crippen LogP contribution in [0.1, 0.15) is 58.9 Å². The number of fused-ring (bicyclic) bond motifs is 1. The van der Waals surface area contributed by atoms with Crippen molar-refractivity contribution in [2.24, 2.45) is 29.0 Å². The molecule has 1 aromatic carbocycles. The Morgan fingerprint density at radius 2 is 1.24 bits per heavy atom. The van der Waals surface area contributed by atoms with E-state index in [1.165, 1.54) is 0 Å². The zero-order chi connectivity index (χ0) is 33.7. The van der Waals surface area contributed by atoms with Gasteiger partial charge in [0.15, 0.2) is 0 Å². The van der Waals surface area contributed by atoms with Crippen molar-refractivity contribution in [1.82, 2.24) is 26.3 Å². The lowest BCUT2D eigenvalue weighted by atomic mass is 10.00. The molecule has 2 rings (SSSR count). The van der Waals surface area contributed by atoms with Crippen molar-refractivity contribution >= 4 is 40.5 Å². The maximum absolute atomic E-state index is 13.8. The fourth-order valence-electron chi connectivity index (χ4n) is 4.97. The van der Waals surface area contributed by atoms with E-state index in [2.05, 4.69) is 26.3 Å². The summed E-state index contributed by atoms with van der Waals surface area (Å²) in [7, 11) is 0. The van der Waals surface area contributed by atoms with E-state index < -0.39 is 59.8 Å². The summed E-state index contributed by atoms with van der Waals surface area (Å²) >= 11 is 0. The second-order valence-electron chi connectivity index (χ2n) is 12.2. The summed E-state index contributed by atoms with van der Waals surface area (Å²) in [5, 5.41) is 21.1. The number of carbonyl (C=O) groups excluding carboxylic acids is 4. The zero-order valence-corrected chi connectivity index (χ0v) is 26.6. The first-order valence-corrected chi connectivity index (χ1v) is 15.4. The van der Waals surface area contributed by atoms with Gasteiger partial charge < -0.3 is 48.6 Å². The van der Waals surface area contributed by atoms with E-state index >= 15 is 0 Å². The molecule has 0 bridgehead atoms. The number of H-pyrrole nitrogens is 1. The molecule has 0 spiro atoms. The van der Waals surface area contributed by atoms with Crippen LogP contribution in [0.25, 0.3) is 10.9 Å². The van der Waals surface area contributed by atoms with Gasteiger partial charge >= 0.3 is 5.97 Å². The molecule has 45 heavy (non-hydrogen) atoms. The third kappa shape index (κ3) is 11.8. The van der Waals surface area contributed by atoms with Crippen LogP contribution in [0.15, 0.2) is 30.5 Å². The van der Waals surface area contributed by atoms with Crippen LogP contribution in [0.2, 0.25) is 0 Å². The minimum atomic E-state index is -1.19. The van der Waals surface area contributed by atoms with E-state index in [0.29, 0.717) is 0 Å². The first kappa shape index (κ1) is 37.2. The van der Waals surface area contributed by atoms with Gasteiger partial charge in [-0.2, -0.15) is 0 Å². The fourth-order valence-corrected chi connectivity index (χ4v) is 4.97. The average Bonchev–Trinajstić information content (AvgIpc) is 3.37. The smallest absolute Gasteiger partial charge is 0.326 e. The van der Waals surface area contributed by atoms with Gasteiger partial charge in [0.1, 0.15) is 24.2 Å². The molecule has 1 heterocycles. The standard InChI is InChI=1S/C31H50N8O6/c1-17(2)13-24(37-27(40)21(34)9-11-32)29(42)38-25(15-19-16-35-22-8-6-5-7-20(19)22)30(43)36-23(10-12-33)28(41)39-26(31(44)45)14-18(3)4/h5-8,16-18,21,23-26,35H,9-15,32-34H2,1-4H3,(H,36,43)(H,37,40)(H,38,42)(H,39,41)(H,44,45)/t21-,23-,24+,25-,26-/m0/s1. The number of hydrogen-bond donors (Lipinski definition) is 9. The van der Waals surface area contributed by atoms with Crippen LogP contribution in [0.3, 0.4) is 0 Å². The summed E-state index contributed by atoms with van der Waals surface area (Å²) in [6.07, 6.45) is 2.53. The number of benzene rings is 1. The van der Waals surface area contributed by atoms with E-state index in [9.17, 15) is 29.1 Å². The minimum absolute atomic E-state index is 0.00570. The molecule has 0 aliphatic rings. The molecule has 0 fully saturated rings. The van der Waals surface area contributed by atoms with Crippen LogP contribution < -0.4 is 38.5 Å². The number of carboxylic acids is 1. The maximum atomic E-state index is 13.8. The lowest BCUT2D eigenvalue weighted by molar-refractivity contribution is -0.142. The molecular weight excluding hydrogens is 580 g/mol. The molecule has 250 valence electrons. The van der Waals surface area contributed by atoms with E-state index in [0.717, 1.165) is 16.5 Å². The molecule has 0 aliphatic carbocycles. The van der Waals surface area contributed by atoms with Crippen molar-refractivity contribution in [1.29, 1.82) is 0 Å². The van der Waals surface area contributed by atoms with Crippen molar-refractivity contribution in [2.75, 3.05) is 13.1 Å². The predicted molar refractivity (Wildman–Crippen MR) is 172 cm³/mol. The number of nitrogens with one attached hydrogen (secondary N) is 5. The Balaban J connectivity index is 2.36. The molecule has 0 saturated carbocycles. The Labute approximate surface area is 264 Å². The predicted octanol–water partition coefficient (Wildman–Crippen LogP) is -0.149. The van der Waals surface area contributed by atoms with Crippen molar-refractivity contribution in [2.45, 2.75) is 90.0 Å². The van der Waals surface area contributed by atoms with Crippen LogP contribution >= 0.6 is 0 Å². The topological polar surface area (TPSA) is 248 Å². The second-order valence-corrected chi connectivity index (χ2v) is 12.2. The highest BCUT2D eigenvalue weighted by Crippen LogP contribution is 2.19. The van der Waals surface area contributed by atoms with Gasteiger partial charge in [0.05, 0.1) is 6.04 Å². The zero-order valence-electron chi connectivity index (χ0n) is 26.6. The van der Waals surface area contributed by atoms with Crippen LogP contribution in [0, 0.1) is 11.8 Å². The number of nitrogens with two attached hydrogens (primary N) is 3. The van der Waals surface area contributed by atoms with Crippen LogP contribution in [0.4, 0.5) is 0 Å². The molecule has 0 unspecified atom stereocenters. The summed E-state index contributed by atoms with van der Waals surface area (Å²) in [5.74, 6) is -3.69. The highest BCUT2D eigenvalue weighted by molar-refractivity contribution is 5.96. The van der Waals surface area contributed by atoms with Crippen molar-refractivity contribution in [3.63, 3.8) is 0 Å². The van der Waals surface area contributed by atoms with Crippen molar-refractivity contribution < 1.29 is 29.1 Å². The number of carbonyl (C=O) groups is 5. The van der Waals surface area contributed by atoms with E-state index in [-0.39, 0.29) is 57.0 Å². The molecule has 0 saturated heterocycles. The third-order valence-electron chi connectivity index (χ3n) is 7.30. The van der Waals surface area contributed by atoms with Crippen LogP contribution in [-0.2, 0) is 30.4 Å². The summed E-state index contributed by atoms with van der Waals surface area (Å²) < 4.78 is 0. The van der Waals surface area contributed by atoms with Gasteiger partial charge in [-0.05, 0) is 62.2 Å². The molecule has 0 aliphatic heterocycles. The summed E-state index contributed by atoms with van der Waals surface area (Å²) in [6.45, 7) is 7.68.